The first-order chi connectivity index (χ1) is 14.3. The molecule has 0 atom stereocenters. The van der Waals surface area contributed by atoms with E-state index in [1.807, 2.05) is 0 Å². The average Bonchev–Trinajstić information content (AvgIpc) is 3.17. The second-order valence-electron chi connectivity index (χ2n) is 6.38. The number of carbonyl (C=O) groups is 1. The third-order valence-electron chi connectivity index (χ3n) is 4.29. The molecule has 4 rings (SSSR count). The number of aromatic nitrogens is 2. The molecule has 0 radical (unpaired) electrons. The van der Waals surface area contributed by atoms with Gasteiger partial charge in [0.25, 0.3) is 15.9 Å². The minimum absolute atomic E-state index is 0.0119. The molecule has 10 heteroatoms. The zero-order valence-corrected chi connectivity index (χ0v) is 17.5. The molecule has 152 valence electrons. The van der Waals surface area contributed by atoms with Crippen molar-refractivity contribution in [1.82, 2.24) is 10.2 Å². The molecular weight excluding hydrogens is 447 g/mol. The molecule has 4 aromatic rings. The van der Waals surface area contributed by atoms with Gasteiger partial charge in [-0.3, -0.25) is 14.6 Å². The van der Waals surface area contributed by atoms with Crippen molar-refractivity contribution in [2.75, 3.05) is 10.0 Å². The zero-order valence-electron chi connectivity index (χ0n) is 15.2. The Labute approximate surface area is 182 Å². The van der Waals surface area contributed by atoms with E-state index in [-0.39, 0.29) is 16.1 Å². The largest absolute Gasteiger partial charge is 0.322 e. The number of halogens is 2. The topological polar surface area (TPSA) is 104 Å². The van der Waals surface area contributed by atoms with Gasteiger partial charge in [0.05, 0.1) is 27.9 Å². The summed E-state index contributed by atoms with van der Waals surface area (Å²) in [7, 11) is -3.94. The molecule has 1 aromatic heterocycles. The molecule has 0 unspecified atom stereocenters. The fourth-order valence-electron chi connectivity index (χ4n) is 2.82. The lowest BCUT2D eigenvalue weighted by molar-refractivity contribution is 0.102. The molecule has 0 aliphatic rings. The predicted molar refractivity (Wildman–Crippen MR) is 118 cm³/mol. The minimum atomic E-state index is -3.94. The molecule has 3 aromatic carbocycles. The van der Waals surface area contributed by atoms with Gasteiger partial charge < -0.3 is 5.32 Å². The van der Waals surface area contributed by atoms with Gasteiger partial charge in [-0.25, -0.2) is 8.42 Å². The highest BCUT2D eigenvalue weighted by Crippen LogP contribution is 2.26. The van der Waals surface area contributed by atoms with Crippen molar-refractivity contribution in [3.63, 3.8) is 0 Å². The summed E-state index contributed by atoms with van der Waals surface area (Å²) in [4.78, 5) is 12.9. The summed E-state index contributed by atoms with van der Waals surface area (Å²) in [5.41, 5.74) is 1.44. The molecule has 0 aliphatic carbocycles. The number of aromatic amines is 1. The highest BCUT2D eigenvalue weighted by molar-refractivity contribution is 7.92. The Hall–Kier alpha value is -3.07. The summed E-state index contributed by atoms with van der Waals surface area (Å²) in [5, 5.41) is 11.1. The second kappa shape index (κ2) is 7.98. The molecule has 1 amide bonds. The maximum absolute atomic E-state index is 12.9. The Morgan fingerprint density at radius 3 is 2.43 bits per heavy atom. The van der Waals surface area contributed by atoms with Gasteiger partial charge >= 0.3 is 0 Å². The lowest BCUT2D eigenvalue weighted by atomic mass is 10.1. The van der Waals surface area contributed by atoms with Gasteiger partial charge in [0, 0.05) is 21.1 Å². The van der Waals surface area contributed by atoms with Crippen LogP contribution in [0, 0.1) is 0 Å². The number of hydrogen-bond acceptors (Lipinski definition) is 4. The molecule has 30 heavy (non-hydrogen) atoms. The first kappa shape index (κ1) is 20.2. The van der Waals surface area contributed by atoms with Gasteiger partial charge in [0.15, 0.2) is 0 Å². The zero-order chi connectivity index (χ0) is 21.3. The van der Waals surface area contributed by atoms with Crippen LogP contribution in [-0.2, 0) is 10.0 Å². The number of sulfonamides is 1. The number of rotatable bonds is 5. The van der Waals surface area contributed by atoms with Crippen LogP contribution in [-0.4, -0.2) is 24.5 Å². The summed E-state index contributed by atoms with van der Waals surface area (Å²) in [6, 6.07) is 15.3. The predicted octanol–water partition coefficient (Wildman–Crippen LogP) is 4.92. The highest BCUT2D eigenvalue weighted by Gasteiger charge is 2.19. The Kier molecular flexibility index (Phi) is 5.38. The average molecular weight is 461 g/mol. The van der Waals surface area contributed by atoms with E-state index in [1.165, 1.54) is 42.5 Å². The summed E-state index contributed by atoms with van der Waals surface area (Å²) in [6.07, 6.45) is 1.67. The van der Waals surface area contributed by atoms with Gasteiger partial charge in [-0.1, -0.05) is 23.2 Å². The van der Waals surface area contributed by atoms with Crippen LogP contribution < -0.4 is 10.0 Å². The Bertz CT molecular complexity index is 1350. The van der Waals surface area contributed by atoms with Crippen LogP contribution in [0.1, 0.15) is 10.4 Å². The number of amides is 1. The molecule has 0 bridgehead atoms. The van der Waals surface area contributed by atoms with Gasteiger partial charge in [0.1, 0.15) is 0 Å². The normalized spacial score (nSPS) is 11.4. The van der Waals surface area contributed by atoms with Crippen molar-refractivity contribution in [1.29, 1.82) is 0 Å². The van der Waals surface area contributed by atoms with E-state index in [4.69, 9.17) is 23.2 Å². The van der Waals surface area contributed by atoms with Crippen molar-refractivity contribution >= 4 is 61.4 Å². The van der Waals surface area contributed by atoms with Crippen LogP contribution in [0.25, 0.3) is 10.9 Å². The van der Waals surface area contributed by atoms with Gasteiger partial charge in [-0.2, -0.15) is 5.10 Å². The van der Waals surface area contributed by atoms with Crippen LogP contribution >= 0.6 is 23.2 Å². The summed E-state index contributed by atoms with van der Waals surface area (Å²) in [5.74, 6) is -0.523. The SMILES string of the molecule is O=C(Nc1ccc2cn[nH]c2c1)c1cc(Cl)ccc1NS(=O)(=O)c1ccc(Cl)cc1. The van der Waals surface area contributed by atoms with E-state index in [9.17, 15) is 13.2 Å². The first-order valence-electron chi connectivity index (χ1n) is 8.64. The molecule has 0 fully saturated rings. The molecule has 1 heterocycles. The molecule has 7 nitrogen and oxygen atoms in total. The number of hydrogen-bond donors (Lipinski definition) is 3. The van der Waals surface area contributed by atoms with Crippen molar-refractivity contribution in [2.24, 2.45) is 0 Å². The molecule has 0 saturated carbocycles. The van der Waals surface area contributed by atoms with Crippen LogP contribution in [0.15, 0.2) is 71.8 Å². The molecule has 3 N–H and O–H groups in total. The Morgan fingerprint density at radius 2 is 1.67 bits per heavy atom. The molecule has 0 saturated heterocycles. The third kappa shape index (κ3) is 4.25. The Morgan fingerprint density at radius 1 is 0.933 bits per heavy atom. The standard InChI is InChI=1S/C20H14Cl2N4O3S/c21-13-2-6-16(7-3-13)30(28,29)26-18-8-4-14(22)9-17(18)20(27)24-15-5-1-12-11-23-25-19(12)10-15/h1-11,26H,(H,23,25)(H,24,27). The summed E-state index contributed by atoms with van der Waals surface area (Å²) < 4.78 is 27.9. The molecule has 0 spiro atoms. The van der Waals surface area contributed by atoms with Gasteiger partial charge in [-0.15, -0.1) is 0 Å². The maximum Gasteiger partial charge on any atom is 0.261 e. The molecular formula is C20H14Cl2N4O3S. The van der Waals surface area contributed by atoms with Crippen LogP contribution in [0.2, 0.25) is 10.0 Å². The number of nitrogens with zero attached hydrogens (tertiary/aromatic N) is 1. The second-order valence-corrected chi connectivity index (χ2v) is 8.93. The fourth-order valence-corrected chi connectivity index (χ4v) is 4.20. The first-order valence-corrected chi connectivity index (χ1v) is 10.9. The number of anilines is 2. The van der Waals surface area contributed by atoms with E-state index in [2.05, 4.69) is 20.2 Å². The number of fused-ring (bicyclic) bond motifs is 1. The van der Waals surface area contributed by atoms with Crippen LogP contribution in [0.3, 0.4) is 0 Å². The minimum Gasteiger partial charge on any atom is -0.322 e. The van der Waals surface area contributed by atoms with Crippen molar-refractivity contribution in [3.8, 4) is 0 Å². The smallest absolute Gasteiger partial charge is 0.261 e. The maximum atomic E-state index is 12.9. The van der Waals surface area contributed by atoms with Crippen molar-refractivity contribution in [2.45, 2.75) is 4.90 Å². The summed E-state index contributed by atoms with van der Waals surface area (Å²) in [6.45, 7) is 0. The monoisotopic (exact) mass is 460 g/mol. The van der Waals surface area contributed by atoms with E-state index in [1.54, 1.807) is 24.4 Å². The van der Waals surface area contributed by atoms with Crippen LogP contribution in [0.4, 0.5) is 11.4 Å². The van der Waals surface area contributed by atoms with E-state index in [0.29, 0.717) is 15.7 Å². The van der Waals surface area contributed by atoms with Gasteiger partial charge in [-0.05, 0) is 60.7 Å². The quantitative estimate of drug-likeness (QED) is 0.392. The lowest BCUT2D eigenvalue weighted by Crippen LogP contribution is -2.18. The highest BCUT2D eigenvalue weighted by atomic mass is 35.5. The van der Waals surface area contributed by atoms with Gasteiger partial charge in [0.2, 0.25) is 0 Å². The number of carbonyl (C=O) groups excluding carboxylic acids is 1. The summed E-state index contributed by atoms with van der Waals surface area (Å²) >= 11 is 11.9. The number of nitrogens with one attached hydrogen (secondary N) is 3. The third-order valence-corrected chi connectivity index (χ3v) is 6.16. The van der Waals surface area contributed by atoms with Crippen molar-refractivity contribution < 1.29 is 13.2 Å². The van der Waals surface area contributed by atoms with Crippen molar-refractivity contribution in [3.05, 3.63) is 82.5 Å². The van der Waals surface area contributed by atoms with E-state index in [0.717, 1.165) is 10.9 Å². The Balaban J connectivity index is 1.64. The van der Waals surface area contributed by atoms with Crippen LogP contribution in [0.5, 0.6) is 0 Å². The lowest BCUT2D eigenvalue weighted by Gasteiger charge is -2.13. The van der Waals surface area contributed by atoms with E-state index < -0.39 is 15.9 Å². The number of benzene rings is 3. The fraction of sp³-hybridized carbons (Fsp3) is 0. The number of H-pyrrole nitrogens is 1. The molecule has 0 aliphatic heterocycles. The van der Waals surface area contributed by atoms with E-state index >= 15 is 0 Å².